The van der Waals surface area contributed by atoms with Gasteiger partial charge in [0.25, 0.3) is 5.56 Å². The van der Waals surface area contributed by atoms with E-state index < -0.39 is 11.2 Å². The third-order valence-corrected chi connectivity index (χ3v) is 5.61. The van der Waals surface area contributed by atoms with Gasteiger partial charge in [-0.25, -0.2) is 4.79 Å². The number of amides is 1. The molecule has 6 heteroatoms. The maximum Gasteiger partial charge on any atom is 0.329 e. The van der Waals surface area contributed by atoms with Crippen molar-refractivity contribution in [3.63, 3.8) is 0 Å². The van der Waals surface area contributed by atoms with Crippen molar-refractivity contribution < 1.29 is 4.79 Å². The molecule has 3 aromatic rings. The highest BCUT2D eigenvalue weighted by Crippen LogP contribution is 2.23. The van der Waals surface area contributed by atoms with E-state index in [1.54, 1.807) is 24.3 Å². The number of nitrogens with zero attached hydrogens (tertiary/aromatic N) is 2. The number of likely N-dealkylation sites (tertiary alicyclic amines) is 1. The molecule has 28 heavy (non-hydrogen) atoms. The zero-order chi connectivity index (χ0) is 19.7. The quantitative estimate of drug-likeness (QED) is 0.758. The molecular weight excluding hydrogens is 354 g/mol. The first-order valence-corrected chi connectivity index (χ1v) is 9.60. The predicted octanol–water partition coefficient (Wildman–Crippen LogP) is 2.23. The normalized spacial score (nSPS) is 16.6. The molecule has 1 N–H and O–H groups in total. The number of hydrogen-bond donors (Lipinski definition) is 1. The molecule has 1 atom stereocenters. The van der Waals surface area contributed by atoms with Gasteiger partial charge in [-0.1, -0.05) is 36.4 Å². The summed E-state index contributed by atoms with van der Waals surface area (Å²) in [5, 5.41) is 0.410. The monoisotopic (exact) mass is 377 g/mol. The topological polar surface area (TPSA) is 75.2 Å². The smallest absolute Gasteiger partial charge is 0.329 e. The summed E-state index contributed by atoms with van der Waals surface area (Å²) in [5.41, 5.74) is 1.98. The van der Waals surface area contributed by atoms with Crippen molar-refractivity contribution in [3.8, 4) is 0 Å². The largest absolute Gasteiger partial charge is 0.338 e. The Bertz CT molecular complexity index is 1150. The van der Waals surface area contributed by atoms with E-state index in [0.717, 1.165) is 19.3 Å². The standard InChI is InChI=1S/C22H23N3O3/c1-15-7-2-3-8-16(15)13-17-9-6-12-24(17)20(26)14-25-19-11-5-4-10-18(19)21(27)23-22(25)28/h2-5,7-8,10-11,17H,6,9,12-14H2,1H3,(H,23,27,28). The van der Waals surface area contributed by atoms with Gasteiger partial charge in [0, 0.05) is 12.6 Å². The number of aromatic nitrogens is 2. The molecule has 1 aliphatic rings. The fraction of sp³-hybridized carbons (Fsp3) is 0.318. The van der Waals surface area contributed by atoms with Gasteiger partial charge in [0.1, 0.15) is 6.54 Å². The number of hydrogen-bond acceptors (Lipinski definition) is 3. The van der Waals surface area contributed by atoms with Gasteiger partial charge in [-0.3, -0.25) is 19.1 Å². The molecular formula is C22H23N3O3. The molecule has 0 saturated carbocycles. The fourth-order valence-electron chi connectivity index (χ4n) is 4.09. The zero-order valence-corrected chi connectivity index (χ0v) is 15.9. The van der Waals surface area contributed by atoms with Gasteiger partial charge < -0.3 is 4.90 Å². The lowest BCUT2D eigenvalue weighted by Gasteiger charge is -2.26. The molecule has 1 aliphatic heterocycles. The van der Waals surface area contributed by atoms with E-state index in [-0.39, 0.29) is 18.5 Å². The van der Waals surface area contributed by atoms with Gasteiger partial charge in [-0.15, -0.1) is 0 Å². The number of para-hydroxylation sites is 1. The fourth-order valence-corrected chi connectivity index (χ4v) is 4.09. The van der Waals surface area contributed by atoms with Crippen molar-refractivity contribution in [1.82, 2.24) is 14.5 Å². The lowest BCUT2D eigenvalue weighted by atomic mass is 10.00. The highest BCUT2D eigenvalue weighted by Gasteiger charge is 2.29. The molecule has 1 unspecified atom stereocenters. The molecule has 144 valence electrons. The van der Waals surface area contributed by atoms with Crippen LogP contribution in [-0.4, -0.2) is 32.9 Å². The van der Waals surface area contributed by atoms with Crippen LogP contribution in [0.4, 0.5) is 0 Å². The summed E-state index contributed by atoms with van der Waals surface area (Å²) in [5.74, 6) is -0.0876. The molecule has 0 radical (unpaired) electrons. The van der Waals surface area contributed by atoms with E-state index in [4.69, 9.17) is 0 Å². The Balaban J connectivity index is 1.60. The van der Waals surface area contributed by atoms with Gasteiger partial charge in [0.15, 0.2) is 0 Å². The first-order chi connectivity index (χ1) is 13.5. The molecule has 4 rings (SSSR count). The number of nitrogens with one attached hydrogen (secondary N) is 1. The summed E-state index contributed by atoms with van der Waals surface area (Å²) in [6, 6.07) is 15.2. The summed E-state index contributed by atoms with van der Waals surface area (Å²) in [7, 11) is 0. The Kier molecular flexibility index (Phi) is 4.86. The lowest BCUT2D eigenvalue weighted by Crippen LogP contribution is -2.41. The Morgan fingerprint density at radius 1 is 1.11 bits per heavy atom. The van der Waals surface area contributed by atoms with Crippen molar-refractivity contribution in [1.29, 1.82) is 0 Å². The van der Waals surface area contributed by atoms with E-state index >= 15 is 0 Å². The second kappa shape index (κ2) is 7.46. The molecule has 1 fully saturated rings. The first kappa shape index (κ1) is 18.2. The van der Waals surface area contributed by atoms with Gasteiger partial charge in [0.2, 0.25) is 5.91 Å². The van der Waals surface area contributed by atoms with Crippen LogP contribution >= 0.6 is 0 Å². The van der Waals surface area contributed by atoms with Gasteiger partial charge in [-0.05, 0) is 49.4 Å². The summed E-state index contributed by atoms with van der Waals surface area (Å²) in [4.78, 5) is 41.6. The average Bonchev–Trinajstić information content (AvgIpc) is 3.15. The van der Waals surface area contributed by atoms with E-state index in [0.29, 0.717) is 17.4 Å². The molecule has 0 spiro atoms. The summed E-state index contributed by atoms with van der Waals surface area (Å²) >= 11 is 0. The third kappa shape index (κ3) is 3.38. The van der Waals surface area contributed by atoms with E-state index in [9.17, 15) is 14.4 Å². The predicted molar refractivity (Wildman–Crippen MR) is 108 cm³/mol. The second-order valence-electron chi connectivity index (χ2n) is 7.38. The van der Waals surface area contributed by atoms with Crippen LogP contribution in [0.1, 0.15) is 24.0 Å². The van der Waals surface area contributed by atoms with E-state index in [1.165, 1.54) is 15.7 Å². The molecule has 6 nitrogen and oxygen atoms in total. The van der Waals surface area contributed by atoms with Crippen molar-refractivity contribution >= 4 is 16.8 Å². The maximum absolute atomic E-state index is 13.1. The number of carbonyl (C=O) groups excluding carboxylic acids is 1. The van der Waals surface area contributed by atoms with Gasteiger partial charge in [0.05, 0.1) is 10.9 Å². The average molecular weight is 377 g/mol. The number of carbonyl (C=O) groups is 1. The highest BCUT2D eigenvalue weighted by atomic mass is 16.2. The van der Waals surface area contributed by atoms with Crippen LogP contribution < -0.4 is 11.2 Å². The van der Waals surface area contributed by atoms with Gasteiger partial charge >= 0.3 is 5.69 Å². The van der Waals surface area contributed by atoms with E-state index in [2.05, 4.69) is 24.0 Å². The van der Waals surface area contributed by atoms with Crippen LogP contribution in [0, 0.1) is 6.92 Å². The molecule has 1 saturated heterocycles. The lowest BCUT2D eigenvalue weighted by molar-refractivity contribution is -0.132. The SMILES string of the molecule is Cc1ccccc1CC1CCCN1C(=O)Cn1c(=O)[nH]c(=O)c2ccccc21. The molecule has 1 amide bonds. The van der Waals surface area contributed by atoms with Crippen LogP contribution in [0.5, 0.6) is 0 Å². The van der Waals surface area contributed by atoms with Crippen LogP contribution in [-0.2, 0) is 17.8 Å². The Morgan fingerprint density at radius 2 is 1.86 bits per heavy atom. The molecule has 2 heterocycles. The van der Waals surface area contributed by atoms with Crippen molar-refractivity contribution in [2.45, 2.75) is 38.8 Å². The van der Waals surface area contributed by atoms with Crippen LogP contribution in [0.2, 0.25) is 0 Å². The number of rotatable bonds is 4. The summed E-state index contributed by atoms with van der Waals surface area (Å²) < 4.78 is 1.36. The van der Waals surface area contributed by atoms with Gasteiger partial charge in [-0.2, -0.15) is 0 Å². The number of fused-ring (bicyclic) bond motifs is 1. The minimum atomic E-state index is -0.549. The van der Waals surface area contributed by atoms with Crippen molar-refractivity contribution in [3.05, 3.63) is 80.5 Å². The molecule has 0 aliphatic carbocycles. The Hall–Kier alpha value is -3.15. The first-order valence-electron chi connectivity index (χ1n) is 9.60. The molecule has 1 aromatic heterocycles. The van der Waals surface area contributed by atoms with Crippen LogP contribution in [0.15, 0.2) is 58.1 Å². The highest BCUT2D eigenvalue weighted by molar-refractivity contribution is 5.81. The minimum Gasteiger partial charge on any atom is -0.338 e. The second-order valence-corrected chi connectivity index (χ2v) is 7.38. The molecule has 2 aromatic carbocycles. The minimum absolute atomic E-state index is 0.0690. The third-order valence-electron chi connectivity index (χ3n) is 5.61. The molecule has 0 bridgehead atoms. The van der Waals surface area contributed by atoms with Crippen molar-refractivity contribution in [2.75, 3.05) is 6.54 Å². The Morgan fingerprint density at radius 3 is 2.68 bits per heavy atom. The summed E-state index contributed by atoms with van der Waals surface area (Å²) in [6.07, 6.45) is 2.74. The number of H-pyrrole nitrogens is 1. The van der Waals surface area contributed by atoms with Crippen LogP contribution in [0.25, 0.3) is 10.9 Å². The number of aryl methyl sites for hydroxylation is 1. The summed E-state index contributed by atoms with van der Waals surface area (Å²) in [6.45, 7) is 2.72. The number of aromatic amines is 1. The van der Waals surface area contributed by atoms with Crippen molar-refractivity contribution in [2.24, 2.45) is 0 Å². The van der Waals surface area contributed by atoms with Crippen LogP contribution in [0.3, 0.4) is 0 Å². The maximum atomic E-state index is 13.1. The number of benzene rings is 2. The Labute approximate surface area is 162 Å². The van der Waals surface area contributed by atoms with E-state index in [1.807, 2.05) is 17.0 Å². The zero-order valence-electron chi connectivity index (χ0n) is 15.9.